The third kappa shape index (κ3) is 5.17. The van der Waals surface area contributed by atoms with Gasteiger partial charge in [0.05, 0.1) is 13.7 Å². The van der Waals surface area contributed by atoms with Gasteiger partial charge in [-0.2, -0.15) is 0 Å². The summed E-state index contributed by atoms with van der Waals surface area (Å²) in [6.07, 6.45) is 1.47. The van der Waals surface area contributed by atoms with Gasteiger partial charge in [-0.25, -0.2) is 4.79 Å². The highest BCUT2D eigenvalue weighted by atomic mass is 16.5. The number of amides is 2. The first kappa shape index (κ1) is 21.4. The molecule has 0 radical (unpaired) electrons. The van der Waals surface area contributed by atoms with Gasteiger partial charge in [-0.3, -0.25) is 9.59 Å². The summed E-state index contributed by atoms with van der Waals surface area (Å²) in [5.74, 6) is 0.494. The molecule has 1 fully saturated rings. The van der Waals surface area contributed by atoms with Crippen LogP contribution in [0.15, 0.2) is 54.6 Å². The molecule has 0 saturated carbocycles. The number of ether oxygens (including phenoxy) is 2. The first-order valence-corrected chi connectivity index (χ1v) is 10.00. The Morgan fingerprint density at radius 1 is 1.03 bits per heavy atom. The van der Waals surface area contributed by atoms with Crippen molar-refractivity contribution in [3.63, 3.8) is 0 Å². The average molecular weight is 410 g/mol. The molecule has 2 aromatic rings. The molecule has 1 aliphatic heterocycles. The van der Waals surface area contributed by atoms with Crippen LogP contribution in [-0.2, 0) is 14.3 Å². The minimum absolute atomic E-state index is 0.176. The van der Waals surface area contributed by atoms with Crippen LogP contribution < -0.4 is 10.1 Å². The highest BCUT2D eigenvalue weighted by molar-refractivity contribution is 5.97. The van der Waals surface area contributed by atoms with E-state index in [0.717, 1.165) is 6.42 Å². The second-order valence-electron chi connectivity index (χ2n) is 7.22. The Morgan fingerprint density at radius 3 is 2.33 bits per heavy atom. The van der Waals surface area contributed by atoms with E-state index in [0.29, 0.717) is 30.0 Å². The molecule has 0 bridgehead atoms. The molecule has 2 aromatic carbocycles. The lowest BCUT2D eigenvalue weighted by Crippen LogP contribution is -2.46. The van der Waals surface area contributed by atoms with Crippen LogP contribution in [0, 0.1) is 5.92 Å². The van der Waals surface area contributed by atoms with Crippen molar-refractivity contribution < 1.29 is 23.9 Å². The van der Waals surface area contributed by atoms with Crippen LogP contribution in [0.25, 0.3) is 0 Å². The van der Waals surface area contributed by atoms with Crippen molar-refractivity contribution in [1.29, 1.82) is 0 Å². The summed E-state index contributed by atoms with van der Waals surface area (Å²) in [4.78, 5) is 38.5. The summed E-state index contributed by atoms with van der Waals surface area (Å²) in [7, 11) is 1.32. The standard InChI is InChI=1S/C23H26N2O5/c1-3-16-13-20(23(28)29-2)25(15-16)21(26)14-24-22(27)17-9-11-19(12-10-17)30-18-7-5-4-6-8-18/h4-12,16,20H,3,13-15H2,1-2H3,(H,24,27)/t16-,20+/m1/s1. The van der Waals surface area contributed by atoms with E-state index in [9.17, 15) is 14.4 Å². The normalized spacial score (nSPS) is 18.0. The Labute approximate surface area is 176 Å². The summed E-state index contributed by atoms with van der Waals surface area (Å²) >= 11 is 0. The Kier molecular flexibility index (Phi) is 7.06. The molecule has 1 aliphatic rings. The van der Waals surface area contributed by atoms with E-state index in [2.05, 4.69) is 5.32 Å². The smallest absolute Gasteiger partial charge is 0.328 e. The maximum absolute atomic E-state index is 12.6. The number of rotatable bonds is 7. The van der Waals surface area contributed by atoms with Crippen molar-refractivity contribution in [3.8, 4) is 11.5 Å². The van der Waals surface area contributed by atoms with E-state index in [4.69, 9.17) is 9.47 Å². The first-order valence-electron chi connectivity index (χ1n) is 10.00. The second kappa shape index (κ2) is 9.91. The topological polar surface area (TPSA) is 84.9 Å². The van der Waals surface area contributed by atoms with Crippen LogP contribution in [0.3, 0.4) is 0 Å². The number of methoxy groups -OCH3 is 1. The average Bonchev–Trinajstić information content (AvgIpc) is 3.22. The third-order valence-electron chi connectivity index (χ3n) is 5.25. The highest BCUT2D eigenvalue weighted by Crippen LogP contribution is 2.26. The zero-order valence-electron chi connectivity index (χ0n) is 17.2. The number of nitrogens with zero attached hydrogens (tertiary/aromatic N) is 1. The molecule has 0 aromatic heterocycles. The van der Waals surface area contributed by atoms with E-state index < -0.39 is 12.0 Å². The van der Waals surface area contributed by atoms with Crippen molar-refractivity contribution in [3.05, 3.63) is 60.2 Å². The summed E-state index contributed by atoms with van der Waals surface area (Å²) in [6.45, 7) is 2.35. The number of para-hydroxylation sites is 1. The zero-order valence-corrected chi connectivity index (χ0v) is 17.2. The van der Waals surface area contributed by atoms with E-state index in [1.165, 1.54) is 12.0 Å². The lowest BCUT2D eigenvalue weighted by atomic mass is 10.0. The predicted molar refractivity (Wildman–Crippen MR) is 111 cm³/mol. The van der Waals surface area contributed by atoms with Crippen LogP contribution >= 0.6 is 0 Å². The van der Waals surface area contributed by atoms with E-state index in [1.54, 1.807) is 24.3 Å². The predicted octanol–water partition coefficient (Wildman–Crippen LogP) is 3.01. The number of hydrogen-bond donors (Lipinski definition) is 1. The molecule has 3 rings (SSSR count). The minimum Gasteiger partial charge on any atom is -0.467 e. The molecule has 30 heavy (non-hydrogen) atoms. The molecule has 158 valence electrons. The number of nitrogens with one attached hydrogen (secondary N) is 1. The molecule has 7 heteroatoms. The molecule has 0 spiro atoms. The Bertz CT molecular complexity index is 882. The molecule has 7 nitrogen and oxygen atoms in total. The summed E-state index contributed by atoms with van der Waals surface area (Å²) in [5, 5.41) is 2.63. The van der Waals surface area contributed by atoms with Gasteiger partial charge in [-0.15, -0.1) is 0 Å². The first-order chi connectivity index (χ1) is 14.5. The van der Waals surface area contributed by atoms with Gasteiger partial charge >= 0.3 is 5.97 Å². The number of likely N-dealkylation sites (tertiary alicyclic amines) is 1. The quantitative estimate of drug-likeness (QED) is 0.710. The van der Waals surface area contributed by atoms with Gasteiger partial charge in [0.2, 0.25) is 5.91 Å². The fourth-order valence-corrected chi connectivity index (χ4v) is 3.51. The Morgan fingerprint density at radius 2 is 1.70 bits per heavy atom. The van der Waals surface area contributed by atoms with Crippen molar-refractivity contribution in [1.82, 2.24) is 10.2 Å². The molecular weight excluding hydrogens is 384 g/mol. The maximum Gasteiger partial charge on any atom is 0.328 e. The van der Waals surface area contributed by atoms with Gasteiger partial charge in [-0.05, 0) is 48.7 Å². The number of esters is 1. The van der Waals surface area contributed by atoms with Gasteiger partial charge < -0.3 is 19.7 Å². The SMILES string of the molecule is CC[C@@H]1C[C@@H](C(=O)OC)N(C(=O)CNC(=O)c2ccc(Oc3ccccc3)cc2)C1. The fraction of sp³-hybridized carbons (Fsp3) is 0.348. The maximum atomic E-state index is 12.6. The third-order valence-corrected chi connectivity index (χ3v) is 5.25. The molecule has 1 saturated heterocycles. The van der Waals surface area contributed by atoms with Crippen molar-refractivity contribution in [2.75, 3.05) is 20.2 Å². The molecule has 2 amide bonds. The highest BCUT2D eigenvalue weighted by Gasteiger charge is 2.39. The lowest BCUT2D eigenvalue weighted by Gasteiger charge is -2.22. The van der Waals surface area contributed by atoms with Gasteiger partial charge in [0, 0.05) is 12.1 Å². The van der Waals surface area contributed by atoms with Crippen LogP contribution in [0.1, 0.15) is 30.1 Å². The van der Waals surface area contributed by atoms with Crippen LogP contribution in [0.5, 0.6) is 11.5 Å². The van der Waals surface area contributed by atoms with Crippen LogP contribution in [0.2, 0.25) is 0 Å². The fourth-order valence-electron chi connectivity index (χ4n) is 3.51. The van der Waals surface area contributed by atoms with Crippen LogP contribution in [-0.4, -0.2) is 48.9 Å². The van der Waals surface area contributed by atoms with E-state index in [1.807, 2.05) is 37.3 Å². The molecule has 1 heterocycles. The second-order valence-corrected chi connectivity index (χ2v) is 7.22. The largest absolute Gasteiger partial charge is 0.467 e. The zero-order chi connectivity index (χ0) is 21.5. The summed E-state index contributed by atoms with van der Waals surface area (Å²) < 4.78 is 10.5. The van der Waals surface area contributed by atoms with E-state index in [-0.39, 0.29) is 24.3 Å². The Balaban J connectivity index is 1.55. The summed E-state index contributed by atoms with van der Waals surface area (Å²) in [5.41, 5.74) is 0.417. The lowest BCUT2D eigenvalue weighted by molar-refractivity contribution is -0.150. The minimum atomic E-state index is -0.584. The number of carbonyl (C=O) groups excluding carboxylic acids is 3. The van der Waals surface area contributed by atoms with Gasteiger partial charge in [0.15, 0.2) is 0 Å². The number of hydrogen-bond acceptors (Lipinski definition) is 5. The molecule has 1 N–H and O–H groups in total. The van der Waals surface area contributed by atoms with Crippen molar-refractivity contribution in [2.24, 2.45) is 5.92 Å². The van der Waals surface area contributed by atoms with Crippen molar-refractivity contribution >= 4 is 17.8 Å². The van der Waals surface area contributed by atoms with Crippen LogP contribution in [0.4, 0.5) is 0 Å². The van der Waals surface area contributed by atoms with Gasteiger partial charge in [0.25, 0.3) is 5.91 Å². The molecule has 0 aliphatic carbocycles. The van der Waals surface area contributed by atoms with Gasteiger partial charge in [0.1, 0.15) is 17.5 Å². The molecule has 0 unspecified atom stereocenters. The van der Waals surface area contributed by atoms with Crippen molar-refractivity contribution in [2.45, 2.75) is 25.8 Å². The van der Waals surface area contributed by atoms with Gasteiger partial charge in [-0.1, -0.05) is 31.5 Å². The monoisotopic (exact) mass is 410 g/mol. The number of benzene rings is 2. The molecular formula is C23H26N2O5. The number of carbonyl (C=O) groups is 3. The summed E-state index contributed by atoms with van der Waals surface area (Å²) in [6, 6.07) is 15.4. The molecule has 2 atom stereocenters. The Hall–Kier alpha value is -3.35. The van der Waals surface area contributed by atoms with E-state index >= 15 is 0 Å².